The van der Waals surface area contributed by atoms with Gasteiger partial charge >= 0.3 is 0 Å². The normalized spacial score (nSPS) is 14.8. The van der Waals surface area contributed by atoms with E-state index in [0.717, 1.165) is 27.9 Å². The van der Waals surface area contributed by atoms with Crippen molar-refractivity contribution >= 4 is 21.6 Å². The third-order valence-electron chi connectivity index (χ3n) is 4.67. The van der Waals surface area contributed by atoms with Gasteiger partial charge in [-0.2, -0.15) is 4.31 Å². The summed E-state index contributed by atoms with van der Waals surface area (Å²) in [5, 5.41) is 2.95. The van der Waals surface area contributed by atoms with E-state index < -0.39 is 10.0 Å². The molecular weight excluding hydrogens is 338 g/mol. The van der Waals surface area contributed by atoms with Gasteiger partial charge in [-0.25, -0.2) is 8.42 Å². The van der Waals surface area contributed by atoms with Crippen LogP contribution in [0.5, 0.6) is 0 Å². The molecule has 3 rings (SSSR count). The smallest absolute Gasteiger partial charge is 0.257 e. The van der Waals surface area contributed by atoms with Crippen molar-refractivity contribution in [2.45, 2.75) is 26.8 Å². The highest BCUT2D eigenvalue weighted by Gasteiger charge is 2.26. The van der Waals surface area contributed by atoms with Crippen LogP contribution in [0.15, 0.2) is 30.6 Å². The summed E-state index contributed by atoms with van der Waals surface area (Å²) in [6.07, 6.45) is 4.89. The first-order chi connectivity index (χ1) is 11.8. The average Bonchev–Trinajstić information content (AvgIpc) is 2.57. The van der Waals surface area contributed by atoms with Crippen LogP contribution in [0.3, 0.4) is 0 Å². The largest absolute Gasteiger partial charge is 0.322 e. The number of benzene rings is 1. The molecular formula is C18H21N3O3S. The highest BCUT2D eigenvalue weighted by molar-refractivity contribution is 7.88. The average molecular weight is 359 g/mol. The maximum atomic E-state index is 12.7. The Kier molecular flexibility index (Phi) is 4.62. The first kappa shape index (κ1) is 17.6. The van der Waals surface area contributed by atoms with Crippen molar-refractivity contribution in [2.75, 3.05) is 18.1 Å². The lowest BCUT2D eigenvalue weighted by molar-refractivity contribution is 0.102. The molecule has 132 valence electrons. The van der Waals surface area contributed by atoms with Crippen LogP contribution in [-0.2, 0) is 23.0 Å². The van der Waals surface area contributed by atoms with Gasteiger partial charge in [-0.05, 0) is 48.6 Å². The zero-order valence-corrected chi connectivity index (χ0v) is 15.4. The second kappa shape index (κ2) is 6.57. The topological polar surface area (TPSA) is 79.4 Å². The van der Waals surface area contributed by atoms with Crippen LogP contribution in [0.1, 0.15) is 32.6 Å². The van der Waals surface area contributed by atoms with Crippen LogP contribution in [0.4, 0.5) is 5.69 Å². The number of aromatic nitrogens is 1. The minimum absolute atomic E-state index is 0.217. The monoisotopic (exact) mass is 359 g/mol. The van der Waals surface area contributed by atoms with Crippen molar-refractivity contribution in [3.8, 4) is 0 Å². The Balaban J connectivity index is 1.89. The Bertz CT molecular complexity index is 939. The van der Waals surface area contributed by atoms with Crippen LogP contribution in [0.2, 0.25) is 0 Å². The second-order valence-electron chi connectivity index (χ2n) is 6.37. The zero-order valence-electron chi connectivity index (χ0n) is 14.5. The number of nitrogens with one attached hydrogen (secondary N) is 1. The molecule has 0 atom stereocenters. The van der Waals surface area contributed by atoms with Crippen LogP contribution in [0, 0.1) is 13.8 Å². The maximum absolute atomic E-state index is 12.7. The summed E-state index contributed by atoms with van der Waals surface area (Å²) in [7, 11) is -3.26. The van der Waals surface area contributed by atoms with Crippen LogP contribution in [0.25, 0.3) is 0 Å². The Morgan fingerprint density at radius 3 is 2.72 bits per heavy atom. The van der Waals surface area contributed by atoms with Gasteiger partial charge in [0, 0.05) is 31.2 Å². The fourth-order valence-corrected chi connectivity index (χ4v) is 3.82. The number of amides is 1. The molecule has 0 aliphatic carbocycles. The number of hydrogen-bond acceptors (Lipinski definition) is 4. The fraction of sp³-hybridized carbons (Fsp3) is 0.333. The molecule has 1 aliphatic heterocycles. The lowest BCUT2D eigenvalue weighted by Gasteiger charge is -2.27. The molecule has 2 aromatic rings. The number of anilines is 1. The van der Waals surface area contributed by atoms with Gasteiger partial charge < -0.3 is 5.32 Å². The molecule has 2 heterocycles. The van der Waals surface area contributed by atoms with Gasteiger partial charge in [0.25, 0.3) is 5.91 Å². The summed E-state index contributed by atoms with van der Waals surface area (Å²) >= 11 is 0. The van der Waals surface area contributed by atoms with Crippen LogP contribution < -0.4 is 5.32 Å². The Hall–Kier alpha value is -2.25. The Morgan fingerprint density at radius 2 is 2.00 bits per heavy atom. The highest BCUT2D eigenvalue weighted by atomic mass is 32.2. The molecule has 25 heavy (non-hydrogen) atoms. The lowest BCUT2D eigenvalue weighted by atomic mass is 9.97. The van der Waals surface area contributed by atoms with Crippen LogP contribution in [-0.4, -0.2) is 36.4 Å². The summed E-state index contributed by atoms with van der Waals surface area (Å²) in [4.78, 5) is 16.9. The Morgan fingerprint density at radius 1 is 1.24 bits per heavy atom. The molecule has 1 N–H and O–H groups in total. The number of hydrogen-bond donors (Lipinski definition) is 1. The van der Waals surface area contributed by atoms with E-state index in [2.05, 4.69) is 10.3 Å². The van der Waals surface area contributed by atoms with Crippen molar-refractivity contribution in [3.63, 3.8) is 0 Å². The van der Waals surface area contributed by atoms with Gasteiger partial charge in [0.05, 0.1) is 11.8 Å². The van der Waals surface area contributed by atoms with E-state index in [0.29, 0.717) is 18.5 Å². The number of pyridine rings is 1. The molecule has 1 aromatic carbocycles. The second-order valence-corrected chi connectivity index (χ2v) is 8.36. The van der Waals surface area contributed by atoms with Crippen molar-refractivity contribution in [3.05, 3.63) is 58.4 Å². The molecule has 0 radical (unpaired) electrons. The first-order valence-corrected chi connectivity index (χ1v) is 9.90. The van der Waals surface area contributed by atoms with E-state index in [-0.39, 0.29) is 12.5 Å². The van der Waals surface area contributed by atoms with E-state index in [1.54, 1.807) is 12.4 Å². The number of sulfonamides is 1. The number of nitrogens with zero attached hydrogens (tertiary/aromatic N) is 2. The minimum Gasteiger partial charge on any atom is -0.322 e. The number of fused-ring (bicyclic) bond motifs is 1. The number of carbonyl (C=O) groups excluding carboxylic acids is 1. The van der Waals surface area contributed by atoms with E-state index in [4.69, 9.17) is 0 Å². The van der Waals surface area contributed by atoms with Gasteiger partial charge in [-0.3, -0.25) is 9.78 Å². The fourth-order valence-electron chi connectivity index (χ4n) is 3.02. The number of aryl methyl sites for hydroxylation is 1. The maximum Gasteiger partial charge on any atom is 0.257 e. The van der Waals surface area contributed by atoms with E-state index in [9.17, 15) is 13.2 Å². The molecule has 0 spiro atoms. The molecule has 0 fully saturated rings. The van der Waals surface area contributed by atoms with Crippen LogP contribution >= 0.6 is 0 Å². The van der Waals surface area contributed by atoms with Gasteiger partial charge in [0.2, 0.25) is 10.0 Å². The first-order valence-electron chi connectivity index (χ1n) is 8.06. The molecule has 0 bridgehead atoms. The molecule has 1 aliphatic rings. The quantitative estimate of drug-likeness (QED) is 0.912. The minimum atomic E-state index is -3.26. The lowest BCUT2D eigenvalue weighted by Crippen LogP contribution is -2.36. The molecule has 1 amide bonds. The molecule has 6 nitrogen and oxygen atoms in total. The number of carbonyl (C=O) groups is 1. The molecule has 0 unspecified atom stereocenters. The standard InChI is InChI=1S/C18H21N3O3S/c1-12-5-4-6-17(13(12)2)20-18(22)16-10-19-9-14-11-21(25(3,23)24)8-7-15(14)16/h4-6,9-10H,7-8,11H2,1-3H3,(H,20,22). The molecule has 1 aromatic heterocycles. The van der Waals surface area contributed by atoms with Crippen molar-refractivity contribution in [1.29, 1.82) is 0 Å². The van der Waals surface area contributed by atoms with Gasteiger partial charge in [0.15, 0.2) is 0 Å². The van der Waals surface area contributed by atoms with Gasteiger partial charge in [-0.1, -0.05) is 12.1 Å². The van der Waals surface area contributed by atoms with E-state index in [1.165, 1.54) is 10.6 Å². The summed E-state index contributed by atoms with van der Waals surface area (Å²) < 4.78 is 24.9. The zero-order chi connectivity index (χ0) is 18.2. The Labute approximate surface area is 147 Å². The SMILES string of the molecule is Cc1cccc(NC(=O)c2cncc3c2CCN(S(C)(=O)=O)C3)c1C. The van der Waals surface area contributed by atoms with Crippen molar-refractivity contribution < 1.29 is 13.2 Å². The third-order valence-corrected chi connectivity index (χ3v) is 5.92. The predicted molar refractivity (Wildman–Crippen MR) is 97.1 cm³/mol. The van der Waals surface area contributed by atoms with E-state index in [1.807, 2.05) is 32.0 Å². The van der Waals surface area contributed by atoms with E-state index >= 15 is 0 Å². The summed E-state index contributed by atoms with van der Waals surface area (Å²) in [6, 6.07) is 5.77. The molecule has 7 heteroatoms. The van der Waals surface area contributed by atoms with Crippen molar-refractivity contribution in [1.82, 2.24) is 9.29 Å². The summed E-state index contributed by atoms with van der Waals surface area (Å²) in [5.41, 5.74) is 5.07. The molecule has 0 saturated heterocycles. The van der Waals surface area contributed by atoms with Gasteiger partial charge in [0.1, 0.15) is 0 Å². The summed E-state index contributed by atoms with van der Waals surface area (Å²) in [5.74, 6) is -0.217. The number of rotatable bonds is 3. The highest BCUT2D eigenvalue weighted by Crippen LogP contribution is 2.25. The van der Waals surface area contributed by atoms with Gasteiger partial charge in [-0.15, -0.1) is 0 Å². The predicted octanol–water partition coefficient (Wildman–Crippen LogP) is 2.27. The molecule has 0 saturated carbocycles. The summed E-state index contributed by atoms with van der Waals surface area (Å²) in [6.45, 7) is 4.59. The third kappa shape index (κ3) is 3.57. The van der Waals surface area contributed by atoms with Crippen molar-refractivity contribution in [2.24, 2.45) is 0 Å².